The largest absolute Gasteiger partial charge is 0.352 e. The summed E-state index contributed by atoms with van der Waals surface area (Å²) >= 11 is 0. The molecule has 1 unspecified atom stereocenters. The van der Waals surface area contributed by atoms with E-state index < -0.39 is 0 Å². The number of aryl methyl sites for hydroxylation is 2. The van der Waals surface area contributed by atoms with E-state index in [1.54, 1.807) is 35.1 Å². The molecule has 0 radical (unpaired) electrons. The lowest BCUT2D eigenvalue weighted by molar-refractivity contribution is -0.133. The molecule has 1 fully saturated rings. The highest BCUT2D eigenvalue weighted by atomic mass is 16.2. The van der Waals surface area contributed by atoms with Crippen LogP contribution in [-0.2, 0) is 18.9 Å². The summed E-state index contributed by atoms with van der Waals surface area (Å²) in [5.41, 5.74) is 1.69. The minimum Gasteiger partial charge on any atom is -0.352 e. The van der Waals surface area contributed by atoms with E-state index in [0.717, 1.165) is 35.5 Å². The van der Waals surface area contributed by atoms with Gasteiger partial charge < -0.3 is 15.1 Å². The first-order valence-electron chi connectivity index (χ1n) is 8.90. The van der Waals surface area contributed by atoms with Crippen molar-refractivity contribution in [2.75, 3.05) is 38.1 Å². The Kier molecular flexibility index (Phi) is 4.48. The highest BCUT2D eigenvalue weighted by Crippen LogP contribution is 2.24. The third-order valence-corrected chi connectivity index (χ3v) is 4.99. The van der Waals surface area contributed by atoms with Crippen molar-refractivity contribution in [3.63, 3.8) is 0 Å². The number of amides is 1. The molecule has 1 aliphatic heterocycles. The molecule has 3 aromatic heterocycles. The molecule has 0 aromatic carbocycles. The van der Waals surface area contributed by atoms with Crippen molar-refractivity contribution >= 4 is 22.8 Å². The number of nitrogens with zero attached hydrogens (tertiary/aromatic N) is 8. The average molecular weight is 369 g/mol. The van der Waals surface area contributed by atoms with Gasteiger partial charge >= 0.3 is 0 Å². The van der Waals surface area contributed by atoms with E-state index in [2.05, 4.69) is 30.4 Å². The lowest BCUT2D eigenvalue weighted by Gasteiger charge is -2.37. The summed E-state index contributed by atoms with van der Waals surface area (Å²) in [4.78, 5) is 25.8. The van der Waals surface area contributed by atoms with Crippen molar-refractivity contribution in [1.82, 2.24) is 39.7 Å². The number of piperazine rings is 1. The molecule has 27 heavy (non-hydrogen) atoms. The Morgan fingerprint density at radius 2 is 1.89 bits per heavy atom. The lowest BCUT2D eigenvalue weighted by Crippen LogP contribution is -2.51. The van der Waals surface area contributed by atoms with Crippen LogP contribution in [0.1, 0.15) is 11.6 Å². The maximum Gasteiger partial charge on any atom is 0.244 e. The van der Waals surface area contributed by atoms with Crippen LogP contribution in [-0.4, -0.2) is 73.6 Å². The minimum atomic E-state index is -0.380. The van der Waals surface area contributed by atoms with E-state index in [4.69, 9.17) is 0 Å². The standard InChI is InChI=1S/C17H23N9O/c1-18-14(12-8-21-23(2)10-12)17(27)26-6-4-25(5-7-26)16-13-9-22-24(3)15(13)19-11-20-16/h8-11,14,18H,4-7H2,1-3H3. The molecule has 1 N–H and O–H groups in total. The maximum absolute atomic E-state index is 13.0. The van der Waals surface area contributed by atoms with Gasteiger partial charge in [-0.3, -0.25) is 14.2 Å². The highest BCUT2D eigenvalue weighted by Gasteiger charge is 2.29. The number of nitrogens with one attached hydrogen (secondary N) is 1. The van der Waals surface area contributed by atoms with Crippen molar-refractivity contribution in [3.05, 3.63) is 30.5 Å². The van der Waals surface area contributed by atoms with E-state index >= 15 is 0 Å². The fourth-order valence-corrected chi connectivity index (χ4v) is 3.54. The van der Waals surface area contributed by atoms with Crippen molar-refractivity contribution < 1.29 is 4.79 Å². The summed E-state index contributed by atoms with van der Waals surface area (Å²) in [6.45, 7) is 2.72. The van der Waals surface area contributed by atoms with Crippen LogP contribution in [0.5, 0.6) is 0 Å². The molecule has 10 heteroatoms. The van der Waals surface area contributed by atoms with Gasteiger partial charge in [0.05, 0.1) is 17.8 Å². The highest BCUT2D eigenvalue weighted by molar-refractivity contribution is 5.87. The van der Waals surface area contributed by atoms with Gasteiger partial charge in [-0.15, -0.1) is 0 Å². The van der Waals surface area contributed by atoms with Gasteiger partial charge in [-0.05, 0) is 7.05 Å². The quantitative estimate of drug-likeness (QED) is 0.675. The topological polar surface area (TPSA) is 97.0 Å². The predicted molar refractivity (Wildman–Crippen MR) is 100 cm³/mol. The zero-order chi connectivity index (χ0) is 19.0. The Morgan fingerprint density at radius 1 is 1.11 bits per heavy atom. The second-order valence-corrected chi connectivity index (χ2v) is 6.68. The van der Waals surface area contributed by atoms with E-state index in [-0.39, 0.29) is 11.9 Å². The molecule has 0 spiro atoms. The molecular weight excluding hydrogens is 346 g/mol. The van der Waals surface area contributed by atoms with E-state index in [1.165, 1.54) is 0 Å². The van der Waals surface area contributed by atoms with Gasteiger partial charge in [0.15, 0.2) is 5.65 Å². The van der Waals surface area contributed by atoms with Crippen molar-refractivity contribution in [1.29, 1.82) is 0 Å². The number of carbonyl (C=O) groups excluding carboxylic acids is 1. The number of hydrogen-bond donors (Lipinski definition) is 1. The Morgan fingerprint density at radius 3 is 2.56 bits per heavy atom. The van der Waals surface area contributed by atoms with Gasteiger partial charge in [-0.25, -0.2) is 9.97 Å². The number of carbonyl (C=O) groups is 1. The Balaban J connectivity index is 1.47. The Hall–Kier alpha value is -3.01. The molecule has 10 nitrogen and oxygen atoms in total. The second kappa shape index (κ2) is 6.95. The summed E-state index contributed by atoms with van der Waals surface area (Å²) in [7, 11) is 5.51. The third-order valence-electron chi connectivity index (χ3n) is 4.99. The molecule has 1 amide bonds. The molecule has 1 atom stereocenters. The molecule has 142 valence electrons. The molecule has 0 saturated carbocycles. The second-order valence-electron chi connectivity index (χ2n) is 6.68. The number of anilines is 1. The summed E-state index contributed by atoms with van der Waals surface area (Å²) in [6, 6.07) is -0.380. The molecule has 4 heterocycles. The van der Waals surface area contributed by atoms with E-state index in [1.807, 2.05) is 25.2 Å². The van der Waals surface area contributed by atoms with Gasteiger partial charge in [0.2, 0.25) is 5.91 Å². The summed E-state index contributed by atoms with van der Waals surface area (Å²) in [5.74, 6) is 0.942. The number of rotatable bonds is 4. The van der Waals surface area contributed by atoms with Crippen LogP contribution in [0, 0.1) is 0 Å². The average Bonchev–Trinajstić information content (AvgIpc) is 3.28. The monoisotopic (exact) mass is 369 g/mol. The summed E-state index contributed by atoms with van der Waals surface area (Å²) < 4.78 is 3.45. The first-order valence-corrected chi connectivity index (χ1v) is 8.90. The van der Waals surface area contributed by atoms with Crippen molar-refractivity contribution in [2.24, 2.45) is 14.1 Å². The SMILES string of the molecule is CNC(C(=O)N1CCN(c2ncnc3c2cnn3C)CC1)c1cnn(C)c1. The molecular formula is C17H23N9O. The maximum atomic E-state index is 13.0. The minimum absolute atomic E-state index is 0.0689. The van der Waals surface area contributed by atoms with Gasteiger partial charge in [0.25, 0.3) is 0 Å². The molecule has 1 aliphatic rings. The Labute approximate surface area is 156 Å². The van der Waals surface area contributed by atoms with Crippen LogP contribution < -0.4 is 10.2 Å². The van der Waals surface area contributed by atoms with Crippen molar-refractivity contribution in [3.8, 4) is 0 Å². The third kappa shape index (κ3) is 3.12. The predicted octanol–water partition coefficient (Wildman–Crippen LogP) is -0.294. The number of fused-ring (bicyclic) bond motifs is 1. The van der Waals surface area contributed by atoms with Gasteiger partial charge in [-0.2, -0.15) is 10.2 Å². The van der Waals surface area contributed by atoms with Crippen LogP contribution in [0.2, 0.25) is 0 Å². The lowest BCUT2D eigenvalue weighted by atomic mass is 10.1. The van der Waals surface area contributed by atoms with Crippen LogP contribution >= 0.6 is 0 Å². The van der Waals surface area contributed by atoms with E-state index in [0.29, 0.717) is 13.1 Å². The fourth-order valence-electron chi connectivity index (χ4n) is 3.54. The van der Waals surface area contributed by atoms with Crippen LogP contribution in [0.4, 0.5) is 5.82 Å². The number of likely N-dealkylation sites (N-methyl/N-ethyl adjacent to an activating group) is 1. The van der Waals surface area contributed by atoms with Gasteiger partial charge in [-0.1, -0.05) is 0 Å². The van der Waals surface area contributed by atoms with Gasteiger partial charge in [0, 0.05) is 52.0 Å². The molecule has 3 aromatic rings. The number of aromatic nitrogens is 6. The van der Waals surface area contributed by atoms with Gasteiger partial charge in [0.1, 0.15) is 18.2 Å². The molecule has 0 bridgehead atoms. The zero-order valence-electron chi connectivity index (χ0n) is 15.7. The fraction of sp³-hybridized carbons (Fsp3) is 0.471. The summed E-state index contributed by atoms with van der Waals surface area (Å²) in [5, 5.41) is 12.5. The summed E-state index contributed by atoms with van der Waals surface area (Å²) in [6.07, 6.45) is 6.96. The molecule has 0 aliphatic carbocycles. The zero-order valence-corrected chi connectivity index (χ0v) is 15.7. The molecule has 4 rings (SSSR count). The number of hydrogen-bond acceptors (Lipinski definition) is 7. The van der Waals surface area contributed by atoms with Crippen LogP contribution in [0.3, 0.4) is 0 Å². The first kappa shape index (κ1) is 17.4. The molecule has 1 saturated heterocycles. The Bertz CT molecular complexity index is 954. The van der Waals surface area contributed by atoms with Crippen molar-refractivity contribution in [2.45, 2.75) is 6.04 Å². The van der Waals surface area contributed by atoms with Crippen LogP contribution in [0.25, 0.3) is 11.0 Å². The van der Waals surface area contributed by atoms with E-state index in [9.17, 15) is 4.79 Å². The van der Waals surface area contributed by atoms with Crippen LogP contribution in [0.15, 0.2) is 24.9 Å². The normalized spacial score (nSPS) is 16.1. The first-order chi connectivity index (χ1) is 13.1. The smallest absolute Gasteiger partial charge is 0.244 e.